The monoisotopic (exact) mass is 407 g/mol. The molecule has 1 heterocycles. The van der Waals surface area contributed by atoms with Crippen LogP contribution in [0.1, 0.15) is 0 Å². The fraction of sp³-hybridized carbons (Fsp3) is 0. The number of thiazole rings is 1. The normalized spacial score (nSPS) is 11.3. The highest BCUT2D eigenvalue weighted by atomic mass is 32.2. The second kappa shape index (κ2) is 7.46. The van der Waals surface area contributed by atoms with E-state index in [0.717, 1.165) is 21.8 Å². The van der Waals surface area contributed by atoms with Gasteiger partial charge in [-0.15, -0.1) is 11.3 Å². The van der Waals surface area contributed by atoms with Gasteiger partial charge in [-0.2, -0.15) is 0 Å². The minimum Gasteiger partial charge on any atom is -0.398 e. The summed E-state index contributed by atoms with van der Waals surface area (Å²) in [6.07, 6.45) is 0. The number of rotatable bonds is 5. The maximum absolute atomic E-state index is 12.7. The fourth-order valence-corrected chi connectivity index (χ4v) is 4.82. The van der Waals surface area contributed by atoms with Crippen LogP contribution in [-0.4, -0.2) is 13.4 Å². The van der Waals surface area contributed by atoms with Crippen molar-refractivity contribution in [1.82, 2.24) is 4.98 Å². The van der Waals surface area contributed by atoms with Crippen LogP contribution in [-0.2, 0) is 10.0 Å². The first-order valence-electron chi connectivity index (χ1n) is 8.52. The first kappa shape index (κ1) is 18.2. The Labute approximate surface area is 167 Å². The van der Waals surface area contributed by atoms with Crippen molar-refractivity contribution in [1.29, 1.82) is 0 Å². The summed E-state index contributed by atoms with van der Waals surface area (Å²) in [5.41, 5.74) is 9.15. The molecule has 0 aliphatic rings. The summed E-state index contributed by atoms with van der Waals surface area (Å²) < 4.78 is 27.9. The van der Waals surface area contributed by atoms with E-state index >= 15 is 0 Å². The van der Waals surface area contributed by atoms with Gasteiger partial charge < -0.3 is 5.73 Å². The van der Waals surface area contributed by atoms with Gasteiger partial charge >= 0.3 is 0 Å². The summed E-state index contributed by atoms with van der Waals surface area (Å²) in [4.78, 5) is 4.74. The quantitative estimate of drug-likeness (QED) is 0.463. The molecule has 0 atom stereocenters. The van der Waals surface area contributed by atoms with E-state index in [4.69, 9.17) is 5.73 Å². The highest BCUT2D eigenvalue weighted by molar-refractivity contribution is 7.92. The van der Waals surface area contributed by atoms with E-state index in [1.54, 1.807) is 47.7 Å². The van der Waals surface area contributed by atoms with Gasteiger partial charge in [-0.3, -0.25) is 4.72 Å². The molecular weight excluding hydrogens is 390 g/mol. The lowest BCUT2D eigenvalue weighted by molar-refractivity contribution is 0.601. The molecule has 0 saturated heterocycles. The van der Waals surface area contributed by atoms with Crippen LogP contribution in [0.3, 0.4) is 0 Å². The standard InChI is InChI=1S/C21H17N3O2S2/c22-18-11-4-5-12-20(18)28(25,26)24-17-10-6-9-16(13-17)19-14-27-21(23-19)15-7-2-1-3-8-15/h1-14,24H,22H2. The van der Waals surface area contributed by atoms with Crippen molar-refractivity contribution in [3.8, 4) is 21.8 Å². The molecule has 0 aliphatic heterocycles. The van der Waals surface area contributed by atoms with Crippen molar-refractivity contribution >= 4 is 32.7 Å². The number of benzene rings is 3. The Bertz CT molecular complexity index is 1220. The second-order valence-corrected chi connectivity index (χ2v) is 8.64. The number of hydrogen-bond acceptors (Lipinski definition) is 5. The van der Waals surface area contributed by atoms with Crippen molar-refractivity contribution in [2.24, 2.45) is 0 Å². The molecule has 4 rings (SSSR count). The van der Waals surface area contributed by atoms with E-state index in [1.165, 1.54) is 6.07 Å². The molecule has 0 bridgehead atoms. The summed E-state index contributed by atoms with van der Waals surface area (Å²) in [7, 11) is -3.77. The third-order valence-electron chi connectivity index (χ3n) is 4.14. The third-order valence-corrected chi connectivity index (χ3v) is 6.49. The Morgan fingerprint density at radius 2 is 1.57 bits per heavy atom. The van der Waals surface area contributed by atoms with E-state index in [9.17, 15) is 8.42 Å². The number of nitrogens with one attached hydrogen (secondary N) is 1. The van der Waals surface area contributed by atoms with Gasteiger partial charge in [-0.05, 0) is 24.3 Å². The minimum atomic E-state index is -3.77. The summed E-state index contributed by atoms with van der Waals surface area (Å²) in [6.45, 7) is 0. The van der Waals surface area contributed by atoms with Crippen LogP contribution in [0.5, 0.6) is 0 Å². The number of sulfonamides is 1. The molecule has 3 aromatic carbocycles. The van der Waals surface area contributed by atoms with Crippen molar-refractivity contribution in [3.05, 3.63) is 84.2 Å². The lowest BCUT2D eigenvalue weighted by Gasteiger charge is -2.10. The van der Waals surface area contributed by atoms with E-state index < -0.39 is 10.0 Å². The highest BCUT2D eigenvalue weighted by Crippen LogP contribution is 2.30. The molecule has 0 amide bonds. The Morgan fingerprint density at radius 1 is 0.857 bits per heavy atom. The van der Waals surface area contributed by atoms with Crippen LogP contribution in [0.15, 0.2) is 89.1 Å². The highest BCUT2D eigenvalue weighted by Gasteiger charge is 2.17. The van der Waals surface area contributed by atoms with Crippen molar-refractivity contribution in [3.63, 3.8) is 0 Å². The Balaban J connectivity index is 1.62. The van der Waals surface area contributed by atoms with Crippen LogP contribution >= 0.6 is 11.3 Å². The van der Waals surface area contributed by atoms with Gasteiger partial charge in [0.15, 0.2) is 0 Å². The number of para-hydroxylation sites is 1. The molecule has 140 valence electrons. The maximum Gasteiger partial charge on any atom is 0.263 e. The molecule has 5 nitrogen and oxygen atoms in total. The SMILES string of the molecule is Nc1ccccc1S(=O)(=O)Nc1cccc(-c2csc(-c3ccccc3)n2)c1. The Morgan fingerprint density at radius 3 is 2.36 bits per heavy atom. The van der Waals surface area contributed by atoms with E-state index in [0.29, 0.717) is 5.69 Å². The van der Waals surface area contributed by atoms with Crippen molar-refractivity contribution in [2.45, 2.75) is 4.90 Å². The number of nitrogens with two attached hydrogens (primary N) is 1. The number of nitrogens with zero attached hydrogens (tertiary/aromatic N) is 1. The van der Waals surface area contributed by atoms with E-state index in [2.05, 4.69) is 9.71 Å². The number of nitrogen functional groups attached to an aromatic ring is 1. The van der Waals surface area contributed by atoms with Crippen LogP contribution in [0, 0.1) is 0 Å². The van der Waals surface area contributed by atoms with Crippen LogP contribution in [0.2, 0.25) is 0 Å². The molecule has 0 fully saturated rings. The average molecular weight is 408 g/mol. The van der Waals surface area contributed by atoms with Crippen LogP contribution in [0.4, 0.5) is 11.4 Å². The molecule has 0 unspecified atom stereocenters. The molecule has 7 heteroatoms. The van der Waals surface area contributed by atoms with Gasteiger partial charge in [-0.25, -0.2) is 13.4 Å². The molecule has 0 aliphatic carbocycles. The van der Waals surface area contributed by atoms with E-state index in [-0.39, 0.29) is 10.6 Å². The summed E-state index contributed by atoms with van der Waals surface area (Å²) in [6, 6.07) is 23.5. The molecule has 0 spiro atoms. The molecule has 0 radical (unpaired) electrons. The molecular formula is C21H17N3O2S2. The van der Waals surface area contributed by atoms with Crippen LogP contribution < -0.4 is 10.5 Å². The van der Waals surface area contributed by atoms with Crippen molar-refractivity contribution in [2.75, 3.05) is 10.5 Å². The summed E-state index contributed by atoms with van der Waals surface area (Å²) in [5, 5.41) is 2.88. The van der Waals surface area contributed by atoms with Gasteiger partial charge in [0.2, 0.25) is 0 Å². The minimum absolute atomic E-state index is 0.0559. The number of hydrogen-bond donors (Lipinski definition) is 2. The molecule has 1 aromatic heterocycles. The number of aromatic nitrogens is 1. The lowest BCUT2D eigenvalue weighted by atomic mass is 10.1. The zero-order valence-corrected chi connectivity index (χ0v) is 16.4. The molecule has 4 aromatic rings. The summed E-state index contributed by atoms with van der Waals surface area (Å²) in [5.74, 6) is 0. The molecule has 0 saturated carbocycles. The predicted molar refractivity (Wildman–Crippen MR) is 115 cm³/mol. The first-order chi connectivity index (χ1) is 13.5. The van der Waals surface area contributed by atoms with Crippen LogP contribution in [0.25, 0.3) is 21.8 Å². The smallest absolute Gasteiger partial charge is 0.263 e. The zero-order chi connectivity index (χ0) is 19.6. The predicted octanol–water partition coefficient (Wildman–Crippen LogP) is 4.86. The van der Waals surface area contributed by atoms with Crippen molar-refractivity contribution < 1.29 is 8.42 Å². The molecule has 3 N–H and O–H groups in total. The molecule has 28 heavy (non-hydrogen) atoms. The van der Waals surface area contributed by atoms with Gasteiger partial charge in [-0.1, -0.05) is 54.6 Å². The van der Waals surface area contributed by atoms with Gasteiger partial charge in [0, 0.05) is 22.2 Å². The maximum atomic E-state index is 12.7. The average Bonchev–Trinajstić information content (AvgIpc) is 3.19. The lowest BCUT2D eigenvalue weighted by Crippen LogP contribution is -2.14. The fourth-order valence-electron chi connectivity index (χ4n) is 2.80. The Hall–Kier alpha value is -3.16. The van der Waals surface area contributed by atoms with Gasteiger partial charge in [0.1, 0.15) is 9.90 Å². The zero-order valence-electron chi connectivity index (χ0n) is 14.7. The Kier molecular flexibility index (Phi) is 4.85. The summed E-state index contributed by atoms with van der Waals surface area (Å²) >= 11 is 1.55. The first-order valence-corrected chi connectivity index (χ1v) is 10.9. The van der Waals surface area contributed by atoms with Gasteiger partial charge in [0.05, 0.1) is 11.4 Å². The topological polar surface area (TPSA) is 85.1 Å². The number of anilines is 2. The third kappa shape index (κ3) is 3.76. The van der Waals surface area contributed by atoms with Gasteiger partial charge in [0.25, 0.3) is 10.0 Å². The second-order valence-electron chi connectivity index (χ2n) is 6.13. The largest absolute Gasteiger partial charge is 0.398 e. The van der Waals surface area contributed by atoms with E-state index in [1.807, 2.05) is 41.8 Å².